The summed E-state index contributed by atoms with van der Waals surface area (Å²) in [5.74, 6) is 0. The molecule has 0 aliphatic carbocycles. The van der Waals surface area contributed by atoms with Gasteiger partial charge in [-0.25, -0.2) is 0 Å². The molecule has 0 aromatic rings. The Labute approximate surface area is 39.5 Å². The van der Waals surface area contributed by atoms with Crippen LogP contribution in [-0.2, 0) is 0 Å². The van der Waals surface area contributed by atoms with Gasteiger partial charge in [0.2, 0.25) is 0 Å². The highest BCUT2D eigenvalue weighted by atomic mass is 14.5. The summed E-state index contributed by atoms with van der Waals surface area (Å²) in [7, 11) is 0. The van der Waals surface area contributed by atoms with Crippen LogP contribution in [-0.4, -0.2) is 6.54 Å². The minimum atomic E-state index is 0.605. The Bertz CT molecular complexity index is 15.9. The highest BCUT2D eigenvalue weighted by molar-refractivity contribution is 4.48. The molecule has 1 heteroatoms. The first-order valence-electron chi connectivity index (χ1n) is 2.56. The van der Waals surface area contributed by atoms with Crippen molar-refractivity contribution in [3.8, 4) is 0 Å². The van der Waals surface area contributed by atoms with Crippen LogP contribution in [0, 0.1) is 0 Å². The summed E-state index contributed by atoms with van der Waals surface area (Å²) < 4.78 is 0. The third kappa shape index (κ3) is 3.96. The summed E-state index contributed by atoms with van der Waals surface area (Å²) >= 11 is 0. The Hall–Kier alpha value is -0.0400. The van der Waals surface area contributed by atoms with E-state index in [-0.39, 0.29) is 0 Å². The van der Waals surface area contributed by atoms with Gasteiger partial charge in [-0.3, -0.25) is 0 Å². The predicted octanol–water partition coefficient (Wildman–Crippen LogP) is 2.23. The molecule has 0 atom stereocenters. The van der Waals surface area contributed by atoms with Gasteiger partial charge in [0.15, 0.2) is 0 Å². The van der Waals surface area contributed by atoms with E-state index in [1.165, 1.54) is 12.8 Å². The Morgan fingerprint density at radius 1 is 1.33 bits per heavy atom. The normalized spacial score (nSPS) is 9.00. The van der Waals surface area contributed by atoms with Crippen LogP contribution in [0.4, 0.5) is 0 Å². The monoisotopic (exact) mass is 86.1 g/mol. The summed E-state index contributed by atoms with van der Waals surface area (Å²) in [6.45, 7) is 2.75. The van der Waals surface area contributed by atoms with E-state index < -0.39 is 0 Å². The molecule has 1 nitrogen and oxygen atoms in total. The van der Waals surface area contributed by atoms with Crippen LogP contribution < -0.4 is 0 Å². The zero-order valence-corrected chi connectivity index (χ0v) is 4.33. The van der Waals surface area contributed by atoms with Gasteiger partial charge in [0.05, 0.1) is 0 Å². The molecule has 0 amide bonds. The summed E-state index contributed by atoms with van der Waals surface area (Å²) in [5, 5.41) is 0. The lowest BCUT2D eigenvalue weighted by Crippen LogP contribution is -1.72. The van der Waals surface area contributed by atoms with E-state index in [9.17, 15) is 0 Å². The molecular weight excluding hydrogens is 74.1 g/mol. The largest absolute Gasteiger partial charge is 0.677 e. The highest BCUT2D eigenvalue weighted by Crippen LogP contribution is 1.91. The number of rotatable bonds is 3. The van der Waals surface area contributed by atoms with Crippen LogP contribution in [0.2, 0.25) is 0 Å². The number of hydrogen-bond donors (Lipinski definition) is 0. The van der Waals surface area contributed by atoms with Gasteiger partial charge >= 0.3 is 0 Å². The first-order chi connectivity index (χ1) is 2.91. The lowest BCUT2D eigenvalue weighted by atomic mass is 10.3. The fraction of sp³-hybridized carbons (Fsp3) is 1.00. The molecule has 0 spiro atoms. The third-order valence-electron chi connectivity index (χ3n) is 0.780. The number of hydrogen-bond acceptors (Lipinski definition) is 0. The van der Waals surface area contributed by atoms with Crippen molar-refractivity contribution in [2.45, 2.75) is 26.2 Å². The SMILES string of the molecule is CCCCC[NH-]. The Balaban J connectivity index is 2.34. The standard InChI is InChI=1S/C5H12N/c1-2-3-4-5-6/h6H,2-5H2,1H3/q-1. The van der Waals surface area contributed by atoms with Gasteiger partial charge in [0.25, 0.3) is 0 Å². The van der Waals surface area contributed by atoms with Crippen molar-refractivity contribution >= 4 is 0 Å². The third-order valence-corrected chi connectivity index (χ3v) is 0.780. The lowest BCUT2D eigenvalue weighted by molar-refractivity contribution is 0.759. The van der Waals surface area contributed by atoms with Gasteiger partial charge in [0.1, 0.15) is 0 Å². The smallest absolute Gasteiger partial charge is 0.0552 e. The first kappa shape index (κ1) is 5.96. The van der Waals surface area contributed by atoms with Crippen LogP contribution >= 0.6 is 0 Å². The van der Waals surface area contributed by atoms with Crippen LogP contribution in [0.25, 0.3) is 5.73 Å². The highest BCUT2D eigenvalue weighted by Gasteiger charge is 1.71. The quantitative estimate of drug-likeness (QED) is 0.470. The second-order valence-corrected chi connectivity index (χ2v) is 1.46. The summed E-state index contributed by atoms with van der Waals surface area (Å²) in [6.07, 6.45) is 3.54. The van der Waals surface area contributed by atoms with Crippen molar-refractivity contribution < 1.29 is 0 Å². The zero-order valence-electron chi connectivity index (χ0n) is 4.33. The van der Waals surface area contributed by atoms with E-state index in [0.717, 1.165) is 6.42 Å². The molecule has 0 aromatic carbocycles. The van der Waals surface area contributed by atoms with Gasteiger partial charge in [-0.15, -0.1) is 0 Å². The molecule has 0 rings (SSSR count). The molecule has 0 heterocycles. The number of unbranched alkanes of at least 4 members (excludes halogenated alkanes) is 2. The maximum Gasteiger partial charge on any atom is -0.0552 e. The maximum atomic E-state index is 6.71. The topological polar surface area (TPSA) is 23.8 Å². The van der Waals surface area contributed by atoms with Crippen LogP contribution in [0.3, 0.4) is 0 Å². The molecule has 0 fully saturated rings. The lowest BCUT2D eigenvalue weighted by Gasteiger charge is -1.94. The summed E-state index contributed by atoms with van der Waals surface area (Å²) in [4.78, 5) is 0. The molecule has 6 heavy (non-hydrogen) atoms. The van der Waals surface area contributed by atoms with Gasteiger partial charge in [-0.2, -0.15) is 6.54 Å². The molecule has 0 aliphatic rings. The van der Waals surface area contributed by atoms with E-state index in [1.807, 2.05) is 0 Å². The van der Waals surface area contributed by atoms with Crippen LogP contribution in [0.5, 0.6) is 0 Å². The second-order valence-electron chi connectivity index (χ2n) is 1.46. The Morgan fingerprint density at radius 3 is 2.17 bits per heavy atom. The summed E-state index contributed by atoms with van der Waals surface area (Å²) in [6, 6.07) is 0. The van der Waals surface area contributed by atoms with Crippen molar-refractivity contribution in [2.75, 3.05) is 6.54 Å². The fourth-order valence-corrected chi connectivity index (χ4v) is 0.375. The molecule has 0 unspecified atom stereocenters. The van der Waals surface area contributed by atoms with Gasteiger partial charge in [-0.05, 0) is 0 Å². The summed E-state index contributed by atoms with van der Waals surface area (Å²) in [5.41, 5.74) is 6.71. The van der Waals surface area contributed by atoms with Gasteiger partial charge in [0, 0.05) is 0 Å². The molecular formula is C5H12N-. The molecule has 0 saturated heterocycles. The van der Waals surface area contributed by atoms with E-state index in [4.69, 9.17) is 5.73 Å². The first-order valence-corrected chi connectivity index (χ1v) is 2.56. The van der Waals surface area contributed by atoms with Crippen molar-refractivity contribution in [3.05, 3.63) is 5.73 Å². The molecule has 0 saturated carbocycles. The van der Waals surface area contributed by atoms with Crippen molar-refractivity contribution in [1.29, 1.82) is 0 Å². The Kier molecular flexibility index (Phi) is 4.93. The Morgan fingerprint density at radius 2 is 2.00 bits per heavy atom. The molecule has 0 aliphatic heterocycles. The predicted molar refractivity (Wildman–Crippen MR) is 28.7 cm³/mol. The molecule has 38 valence electrons. The van der Waals surface area contributed by atoms with Crippen molar-refractivity contribution in [1.82, 2.24) is 0 Å². The minimum Gasteiger partial charge on any atom is -0.677 e. The van der Waals surface area contributed by atoms with E-state index in [1.54, 1.807) is 0 Å². The van der Waals surface area contributed by atoms with Gasteiger partial charge in [-0.1, -0.05) is 26.2 Å². The second kappa shape index (κ2) is 4.96. The van der Waals surface area contributed by atoms with Crippen molar-refractivity contribution in [2.24, 2.45) is 0 Å². The van der Waals surface area contributed by atoms with Crippen molar-refractivity contribution in [3.63, 3.8) is 0 Å². The van der Waals surface area contributed by atoms with E-state index >= 15 is 0 Å². The molecule has 0 radical (unpaired) electrons. The molecule has 1 N–H and O–H groups in total. The van der Waals surface area contributed by atoms with Gasteiger partial charge < -0.3 is 5.73 Å². The average molecular weight is 86.2 g/mol. The average Bonchev–Trinajstić information content (AvgIpc) is 1.61. The molecule has 0 bridgehead atoms. The van der Waals surface area contributed by atoms with E-state index in [0.29, 0.717) is 6.54 Å². The maximum absolute atomic E-state index is 6.71. The van der Waals surface area contributed by atoms with E-state index in [2.05, 4.69) is 6.92 Å². The fourth-order valence-electron chi connectivity index (χ4n) is 0.375. The zero-order chi connectivity index (χ0) is 4.83. The molecule has 0 aromatic heterocycles. The van der Waals surface area contributed by atoms with Crippen LogP contribution in [0.15, 0.2) is 0 Å². The minimum absolute atomic E-state index is 0.605. The number of nitrogens with one attached hydrogen (secondary N) is 1. The van der Waals surface area contributed by atoms with Crippen LogP contribution in [0.1, 0.15) is 26.2 Å².